The Labute approximate surface area is 322 Å². The fourth-order valence-electron chi connectivity index (χ4n) is 9.44. The molecule has 9 aromatic carbocycles. The summed E-state index contributed by atoms with van der Waals surface area (Å²) in [6.45, 7) is 4.60. The lowest BCUT2D eigenvalue weighted by Gasteiger charge is -2.22. The molecule has 11 aromatic rings. The number of para-hydroxylation sites is 1. The zero-order valence-electron chi connectivity index (χ0n) is 30.8. The molecule has 4 heteroatoms. The lowest BCUT2D eigenvalue weighted by atomic mass is 9.81. The second kappa shape index (κ2) is 11.4. The number of furan rings is 1. The topological polar surface area (TPSA) is 51.8 Å². The Kier molecular flexibility index (Phi) is 6.37. The number of rotatable bonds is 3. The standard InChI is InChI=1S/C52H33N3O/c1-52(2)42-21-10-8-17-39(42)47-43(52)29-41(46-40-18-9-11-22-44(40)56-48(46)47)51-54-49(32-14-4-3-5-15-32)53-50(55-51)38-20-12-19-34-35-26-25-31-24-23-30-13-6-7-16-33(30)45(31)37(35)28-27-36(34)38/h3-29H,1-2H3. The smallest absolute Gasteiger partial charge is 0.164 e. The maximum atomic E-state index is 6.82. The number of hydrogen-bond donors (Lipinski definition) is 0. The van der Waals surface area contributed by atoms with Crippen LogP contribution in [0.1, 0.15) is 25.0 Å². The van der Waals surface area contributed by atoms with Crippen molar-refractivity contribution in [1.82, 2.24) is 15.0 Å². The van der Waals surface area contributed by atoms with Crippen LogP contribution in [0.15, 0.2) is 168 Å². The Bertz CT molecular complexity index is 3450. The van der Waals surface area contributed by atoms with Crippen molar-refractivity contribution in [2.24, 2.45) is 0 Å². The van der Waals surface area contributed by atoms with Crippen LogP contribution in [0.5, 0.6) is 0 Å². The van der Waals surface area contributed by atoms with Crippen molar-refractivity contribution >= 4 is 65.0 Å². The normalized spacial score (nSPS) is 13.3. The highest BCUT2D eigenvalue weighted by atomic mass is 16.3. The van der Waals surface area contributed by atoms with Crippen LogP contribution in [0.2, 0.25) is 0 Å². The molecule has 0 fully saturated rings. The Morgan fingerprint density at radius 2 is 1.04 bits per heavy atom. The molecule has 2 aromatic heterocycles. The first-order chi connectivity index (χ1) is 27.5. The van der Waals surface area contributed by atoms with Gasteiger partial charge in [-0.05, 0) is 71.9 Å². The summed E-state index contributed by atoms with van der Waals surface area (Å²) in [5, 5.41) is 11.8. The lowest BCUT2D eigenvalue weighted by Crippen LogP contribution is -2.15. The molecule has 0 atom stereocenters. The summed E-state index contributed by atoms with van der Waals surface area (Å²) in [5.74, 6) is 1.88. The average Bonchev–Trinajstić information content (AvgIpc) is 3.75. The highest BCUT2D eigenvalue weighted by molar-refractivity contribution is 6.25. The van der Waals surface area contributed by atoms with Gasteiger partial charge in [0.15, 0.2) is 17.5 Å². The van der Waals surface area contributed by atoms with E-state index < -0.39 is 0 Å². The van der Waals surface area contributed by atoms with Crippen molar-refractivity contribution in [3.8, 4) is 45.3 Å². The van der Waals surface area contributed by atoms with Gasteiger partial charge in [0.2, 0.25) is 0 Å². The lowest BCUT2D eigenvalue weighted by molar-refractivity contribution is 0.653. The predicted molar refractivity (Wildman–Crippen MR) is 231 cm³/mol. The summed E-state index contributed by atoms with van der Waals surface area (Å²) >= 11 is 0. The molecule has 0 unspecified atom stereocenters. The summed E-state index contributed by atoms with van der Waals surface area (Å²) in [4.78, 5) is 15.9. The van der Waals surface area contributed by atoms with Crippen LogP contribution in [0.3, 0.4) is 0 Å². The summed E-state index contributed by atoms with van der Waals surface area (Å²) in [7, 11) is 0. The number of nitrogens with zero attached hydrogens (tertiary/aromatic N) is 3. The third kappa shape index (κ3) is 4.32. The molecule has 0 spiro atoms. The van der Waals surface area contributed by atoms with E-state index in [1.165, 1.54) is 54.4 Å². The van der Waals surface area contributed by atoms with Gasteiger partial charge < -0.3 is 4.42 Å². The summed E-state index contributed by atoms with van der Waals surface area (Å²) in [5.41, 5.74) is 9.17. The Balaban J connectivity index is 1.15. The molecule has 12 rings (SSSR count). The van der Waals surface area contributed by atoms with E-state index in [0.717, 1.165) is 49.6 Å². The highest BCUT2D eigenvalue weighted by Gasteiger charge is 2.39. The molecule has 262 valence electrons. The van der Waals surface area contributed by atoms with E-state index in [9.17, 15) is 0 Å². The van der Waals surface area contributed by atoms with E-state index in [1.54, 1.807) is 0 Å². The van der Waals surface area contributed by atoms with Gasteiger partial charge in [0.05, 0.1) is 0 Å². The van der Waals surface area contributed by atoms with E-state index in [1.807, 2.05) is 24.3 Å². The predicted octanol–water partition coefficient (Wildman–Crippen LogP) is 13.7. The molecular weight excluding hydrogens is 683 g/mol. The maximum Gasteiger partial charge on any atom is 0.164 e. The van der Waals surface area contributed by atoms with Crippen molar-refractivity contribution in [1.29, 1.82) is 0 Å². The van der Waals surface area contributed by atoms with Crippen LogP contribution in [-0.2, 0) is 5.41 Å². The maximum absolute atomic E-state index is 6.82. The van der Waals surface area contributed by atoms with Gasteiger partial charge in [-0.15, -0.1) is 0 Å². The van der Waals surface area contributed by atoms with Gasteiger partial charge in [-0.1, -0.05) is 166 Å². The van der Waals surface area contributed by atoms with Gasteiger partial charge in [-0.25, -0.2) is 15.0 Å². The molecule has 1 aliphatic rings. The molecule has 0 aliphatic heterocycles. The van der Waals surface area contributed by atoms with Gasteiger partial charge >= 0.3 is 0 Å². The number of aromatic nitrogens is 3. The Morgan fingerprint density at radius 3 is 1.93 bits per heavy atom. The van der Waals surface area contributed by atoms with Gasteiger partial charge in [0.25, 0.3) is 0 Å². The average molecular weight is 716 g/mol. The molecule has 0 saturated heterocycles. The van der Waals surface area contributed by atoms with Crippen molar-refractivity contribution < 1.29 is 4.42 Å². The molecule has 0 N–H and O–H groups in total. The van der Waals surface area contributed by atoms with Crippen LogP contribution in [0.25, 0.3) is 110 Å². The van der Waals surface area contributed by atoms with Crippen molar-refractivity contribution in [2.45, 2.75) is 19.3 Å². The molecular formula is C52H33N3O. The van der Waals surface area contributed by atoms with Crippen LogP contribution >= 0.6 is 0 Å². The molecule has 0 bridgehead atoms. The monoisotopic (exact) mass is 715 g/mol. The van der Waals surface area contributed by atoms with E-state index >= 15 is 0 Å². The first kappa shape index (κ1) is 31.2. The molecule has 2 heterocycles. The quantitative estimate of drug-likeness (QED) is 0.171. The van der Waals surface area contributed by atoms with Crippen LogP contribution in [0, 0.1) is 0 Å². The number of hydrogen-bond acceptors (Lipinski definition) is 4. The van der Waals surface area contributed by atoms with Crippen molar-refractivity contribution in [3.05, 3.63) is 175 Å². The van der Waals surface area contributed by atoms with E-state index in [4.69, 9.17) is 19.4 Å². The first-order valence-corrected chi connectivity index (χ1v) is 19.2. The summed E-state index contributed by atoms with van der Waals surface area (Å²) < 4.78 is 6.82. The molecule has 0 saturated carbocycles. The summed E-state index contributed by atoms with van der Waals surface area (Å²) in [6.07, 6.45) is 0. The van der Waals surface area contributed by atoms with E-state index in [2.05, 4.69) is 153 Å². The minimum atomic E-state index is -0.252. The van der Waals surface area contributed by atoms with E-state index in [0.29, 0.717) is 17.5 Å². The minimum absolute atomic E-state index is 0.252. The third-order valence-electron chi connectivity index (χ3n) is 12.1. The fraction of sp³-hybridized carbons (Fsp3) is 0.0577. The molecule has 56 heavy (non-hydrogen) atoms. The third-order valence-corrected chi connectivity index (χ3v) is 12.1. The van der Waals surface area contributed by atoms with Crippen LogP contribution in [-0.4, -0.2) is 15.0 Å². The highest BCUT2D eigenvalue weighted by Crippen LogP contribution is 2.54. The molecule has 1 aliphatic carbocycles. The zero-order chi connectivity index (χ0) is 37.1. The van der Waals surface area contributed by atoms with Gasteiger partial charge in [-0.2, -0.15) is 0 Å². The Hall–Kier alpha value is -7.17. The van der Waals surface area contributed by atoms with E-state index in [-0.39, 0.29) is 5.41 Å². The van der Waals surface area contributed by atoms with Crippen LogP contribution < -0.4 is 0 Å². The second-order valence-corrected chi connectivity index (χ2v) is 15.5. The molecule has 0 amide bonds. The fourth-order valence-corrected chi connectivity index (χ4v) is 9.44. The molecule has 4 nitrogen and oxygen atoms in total. The Morgan fingerprint density at radius 1 is 0.411 bits per heavy atom. The minimum Gasteiger partial charge on any atom is -0.455 e. The van der Waals surface area contributed by atoms with Gasteiger partial charge in [-0.3, -0.25) is 0 Å². The van der Waals surface area contributed by atoms with Crippen LogP contribution in [0.4, 0.5) is 0 Å². The zero-order valence-corrected chi connectivity index (χ0v) is 30.8. The number of fused-ring (bicyclic) bond motifs is 14. The van der Waals surface area contributed by atoms with Gasteiger partial charge in [0.1, 0.15) is 11.2 Å². The molecule has 0 radical (unpaired) electrons. The SMILES string of the molecule is CC1(C)c2ccccc2-c2c1cc(-c1nc(-c3ccccc3)nc(-c3cccc4c3ccc3c4ccc4ccc5ccccc5c43)n1)c1c2oc2ccccc21. The van der Waals surface area contributed by atoms with Crippen molar-refractivity contribution in [3.63, 3.8) is 0 Å². The first-order valence-electron chi connectivity index (χ1n) is 19.2. The van der Waals surface area contributed by atoms with Gasteiger partial charge in [0, 0.05) is 38.4 Å². The number of benzene rings is 9. The van der Waals surface area contributed by atoms with Crippen molar-refractivity contribution in [2.75, 3.05) is 0 Å². The summed E-state index contributed by atoms with van der Waals surface area (Å²) in [6, 6.07) is 58.2. The largest absolute Gasteiger partial charge is 0.455 e. The second-order valence-electron chi connectivity index (χ2n) is 15.5.